The molecule has 0 saturated carbocycles. The highest BCUT2D eigenvalue weighted by Gasteiger charge is 2.21. The summed E-state index contributed by atoms with van der Waals surface area (Å²) in [7, 11) is 2.99. The predicted octanol–water partition coefficient (Wildman–Crippen LogP) is 3.44. The predicted molar refractivity (Wildman–Crippen MR) is 89.9 cm³/mol. The van der Waals surface area contributed by atoms with Gasteiger partial charge < -0.3 is 14.2 Å². The molecule has 1 atom stereocenters. The Kier molecular flexibility index (Phi) is 5.58. The van der Waals surface area contributed by atoms with Crippen LogP contribution in [0, 0.1) is 6.92 Å². The first kappa shape index (κ1) is 17.5. The minimum absolute atomic E-state index is 0.252. The van der Waals surface area contributed by atoms with Crippen molar-refractivity contribution >= 4 is 11.8 Å². The molecule has 0 heterocycles. The summed E-state index contributed by atoms with van der Waals surface area (Å²) in [6, 6.07) is 11.8. The number of Topliss-reactive ketones (excluding diaryl/α,β-unsaturated/α-hetero) is 1. The van der Waals surface area contributed by atoms with Crippen molar-refractivity contribution in [2.45, 2.75) is 20.0 Å². The Labute approximate surface area is 141 Å². The van der Waals surface area contributed by atoms with Crippen LogP contribution in [0.5, 0.6) is 11.5 Å². The molecule has 5 heteroatoms. The third-order valence-corrected chi connectivity index (χ3v) is 3.58. The summed E-state index contributed by atoms with van der Waals surface area (Å²) < 4.78 is 15.5. The molecule has 0 amide bonds. The van der Waals surface area contributed by atoms with Gasteiger partial charge in [0.15, 0.2) is 6.10 Å². The normalized spacial score (nSPS) is 11.5. The van der Waals surface area contributed by atoms with Crippen molar-refractivity contribution in [3.8, 4) is 11.5 Å². The van der Waals surface area contributed by atoms with Gasteiger partial charge in [0.25, 0.3) is 0 Å². The van der Waals surface area contributed by atoms with Crippen LogP contribution < -0.4 is 9.47 Å². The Hall–Kier alpha value is -2.82. The maximum absolute atomic E-state index is 12.3. The number of hydrogen-bond donors (Lipinski definition) is 0. The van der Waals surface area contributed by atoms with E-state index >= 15 is 0 Å². The van der Waals surface area contributed by atoms with E-state index in [4.69, 9.17) is 14.2 Å². The lowest BCUT2D eigenvalue weighted by atomic mass is 10.1. The van der Waals surface area contributed by atoms with Crippen molar-refractivity contribution < 1.29 is 23.8 Å². The van der Waals surface area contributed by atoms with E-state index in [9.17, 15) is 9.59 Å². The molecular formula is C19H20O5. The lowest BCUT2D eigenvalue weighted by Gasteiger charge is -2.13. The zero-order valence-electron chi connectivity index (χ0n) is 14.2. The van der Waals surface area contributed by atoms with Gasteiger partial charge in [0.2, 0.25) is 5.78 Å². The summed E-state index contributed by atoms with van der Waals surface area (Å²) in [6.45, 7) is 3.49. The van der Waals surface area contributed by atoms with Gasteiger partial charge in [-0.3, -0.25) is 4.79 Å². The van der Waals surface area contributed by atoms with E-state index < -0.39 is 12.1 Å². The number of esters is 1. The molecule has 0 saturated heterocycles. The quantitative estimate of drug-likeness (QED) is 0.600. The van der Waals surface area contributed by atoms with E-state index in [0.717, 1.165) is 5.56 Å². The first-order valence-corrected chi connectivity index (χ1v) is 7.49. The molecule has 0 aromatic heterocycles. The molecular weight excluding hydrogens is 308 g/mol. The zero-order chi connectivity index (χ0) is 17.7. The lowest BCUT2D eigenvalue weighted by Crippen LogP contribution is -2.24. The van der Waals surface area contributed by atoms with E-state index in [1.165, 1.54) is 26.4 Å². The highest BCUT2D eigenvalue weighted by Crippen LogP contribution is 2.23. The van der Waals surface area contributed by atoms with Gasteiger partial charge in [0.1, 0.15) is 11.5 Å². The molecule has 0 unspecified atom stereocenters. The van der Waals surface area contributed by atoms with Crippen LogP contribution in [0.4, 0.5) is 0 Å². The minimum atomic E-state index is -0.891. The first-order chi connectivity index (χ1) is 11.4. The molecule has 0 aliphatic heterocycles. The Morgan fingerprint density at radius 1 is 0.875 bits per heavy atom. The number of ether oxygens (including phenoxy) is 3. The molecule has 0 aliphatic rings. The van der Waals surface area contributed by atoms with Crippen LogP contribution in [-0.4, -0.2) is 32.1 Å². The first-order valence-electron chi connectivity index (χ1n) is 7.49. The third-order valence-electron chi connectivity index (χ3n) is 3.58. The second kappa shape index (κ2) is 7.64. The van der Waals surface area contributed by atoms with Crippen LogP contribution in [0.15, 0.2) is 42.5 Å². The second-order valence-corrected chi connectivity index (χ2v) is 5.38. The van der Waals surface area contributed by atoms with Crippen LogP contribution in [-0.2, 0) is 4.74 Å². The van der Waals surface area contributed by atoms with Gasteiger partial charge in [-0.25, -0.2) is 4.79 Å². The summed E-state index contributed by atoms with van der Waals surface area (Å²) in [5.74, 6) is 0.0796. The maximum atomic E-state index is 12.3. The van der Waals surface area contributed by atoms with Gasteiger partial charge >= 0.3 is 5.97 Å². The SMILES string of the molecule is COc1cc(OC)cc(C(=O)O[C@H](C)C(=O)c2ccc(C)cc2)c1. The number of ketones is 1. The van der Waals surface area contributed by atoms with Crippen molar-refractivity contribution in [3.63, 3.8) is 0 Å². The summed E-state index contributed by atoms with van der Waals surface area (Å²) >= 11 is 0. The van der Waals surface area contributed by atoms with Gasteiger partial charge in [0, 0.05) is 11.6 Å². The van der Waals surface area contributed by atoms with Gasteiger partial charge in [0.05, 0.1) is 19.8 Å². The number of methoxy groups -OCH3 is 2. The fraction of sp³-hybridized carbons (Fsp3) is 0.263. The fourth-order valence-corrected chi connectivity index (χ4v) is 2.16. The molecule has 24 heavy (non-hydrogen) atoms. The molecule has 0 spiro atoms. The third kappa shape index (κ3) is 4.13. The van der Waals surface area contributed by atoms with Gasteiger partial charge in [-0.15, -0.1) is 0 Å². The number of hydrogen-bond acceptors (Lipinski definition) is 5. The van der Waals surface area contributed by atoms with Crippen molar-refractivity contribution in [3.05, 3.63) is 59.2 Å². The zero-order valence-corrected chi connectivity index (χ0v) is 14.2. The molecule has 2 aromatic rings. The van der Waals surface area contributed by atoms with Crippen molar-refractivity contribution in [2.75, 3.05) is 14.2 Å². The standard InChI is InChI=1S/C19H20O5/c1-12-5-7-14(8-6-12)18(20)13(2)24-19(21)15-9-16(22-3)11-17(10-15)23-4/h5-11,13H,1-4H3/t13-/m1/s1. The Morgan fingerprint density at radius 2 is 1.42 bits per heavy atom. The Bertz CT molecular complexity index is 712. The molecule has 0 radical (unpaired) electrons. The van der Waals surface area contributed by atoms with E-state index in [0.29, 0.717) is 17.1 Å². The molecule has 5 nitrogen and oxygen atoms in total. The number of aryl methyl sites for hydroxylation is 1. The summed E-state index contributed by atoms with van der Waals surface area (Å²) in [4.78, 5) is 24.6. The van der Waals surface area contributed by atoms with Crippen LogP contribution in [0.25, 0.3) is 0 Å². The smallest absolute Gasteiger partial charge is 0.339 e. The molecule has 0 fully saturated rings. The average molecular weight is 328 g/mol. The van der Waals surface area contributed by atoms with Gasteiger partial charge in [-0.2, -0.15) is 0 Å². The highest BCUT2D eigenvalue weighted by atomic mass is 16.5. The monoisotopic (exact) mass is 328 g/mol. The second-order valence-electron chi connectivity index (χ2n) is 5.38. The molecule has 0 bridgehead atoms. The van der Waals surface area contributed by atoms with Crippen LogP contribution in [0.3, 0.4) is 0 Å². The molecule has 0 N–H and O–H groups in total. The number of carbonyl (C=O) groups is 2. The molecule has 0 aliphatic carbocycles. The van der Waals surface area contributed by atoms with Crippen LogP contribution in [0.1, 0.15) is 33.2 Å². The summed E-state index contributed by atoms with van der Waals surface area (Å²) in [5.41, 5.74) is 1.82. The fourth-order valence-electron chi connectivity index (χ4n) is 2.16. The van der Waals surface area contributed by atoms with Crippen molar-refractivity contribution in [1.82, 2.24) is 0 Å². The lowest BCUT2D eigenvalue weighted by molar-refractivity contribution is 0.0318. The van der Waals surface area contributed by atoms with Gasteiger partial charge in [-0.05, 0) is 26.0 Å². The van der Waals surface area contributed by atoms with Crippen LogP contribution in [0.2, 0.25) is 0 Å². The molecule has 2 rings (SSSR count). The maximum Gasteiger partial charge on any atom is 0.339 e. The van der Waals surface area contributed by atoms with Crippen LogP contribution >= 0.6 is 0 Å². The highest BCUT2D eigenvalue weighted by molar-refractivity contribution is 6.01. The number of benzene rings is 2. The van der Waals surface area contributed by atoms with E-state index in [1.807, 2.05) is 19.1 Å². The number of carbonyl (C=O) groups excluding carboxylic acids is 2. The van der Waals surface area contributed by atoms with Gasteiger partial charge in [-0.1, -0.05) is 29.8 Å². The molecule has 2 aromatic carbocycles. The molecule has 126 valence electrons. The largest absolute Gasteiger partial charge is 0.497 e. The van der Waals surface area contributed by atoms with Crippen molar-refractivity contribution in [2.24, 2.45) is 0 Å². The topological polar surface area (TPSA) is 61.8 Å². The Morgan fingerprint density at radius 3 is 1.92 bits per heavy atom. The average Bonchev–Trinajstić information content (AvgIpc) is 2.61. The van der Waals surface area contributed by atoms with E-state index in [1.54, 1.807) is 25.1 Å². The van der Waals surface area contributed by atoms with E-state index in [2.05, 4.69) is 0 Å². The summed E-state index contributed by atoms with van der Waals surface area (Å²) in [6.07, 6.45) is -0.891. The van der Waals surface area contributed by atoms with Crippen molar-refractivity contribution in [1.29, 1.82) is 0 Å². The minimum Gasteiger partial charge on any atom is -0.497 e. The van der Waals surface area contributed by atoms with E-state index in [-0.39, 0.29) is 11.3 Å². The Balaban J connectivity index is 2.13. The number of rotatable bonds is 6. The summed E-state index contributed by atoms with van der Waals surface area (Å²) in [5, 5.41) is 0.